The molecule has 10 heteroatoms. The molecule has 2 atom stereocenters. The van der Waals surface area contributed by atoms with Crippen LogP contribution in [0.4, 0.5) is 5.69 Å². The lowest BCUT2D eigenvalue weighted by atomic mass is 9.79. The fraction of sp³-hybridized carbons (Fsp3) is 0.536. The zero-order valence-electron chi connectivity index (χ0n) is 23.8. The number of esters is 2. The Hall–Kier alpha value is -3.69. The highest BCUT2D eigenvalue weighted by Gasteiger charge is 2.40. The topological polar surface area (TPSA) is 137 Å². The van der Waals surface area contributed by atoms with Crippen LogP contribution in [0.2, 0.25) is 0 Å². The van der Waals surface area contributed by atoms with E-state index in [9.17, 15) is 24.5 Å². The summed E-state index contributed by atoms with van der Waals surface area (Å²) in [5, 5.41) is 17.4. The van der Waals surface area contributed by atoms with Crippen molar-refractivity contribution in [1.29, 1.82) is 0 Å². The molecule has 0 saturated heterocycles. The number of nitrogens with zero attached hydrogens (tertiary/aromatic N) is 1. The molecule has 1 aliphatic heterocycles. The number of dihydropyridines is 1. The summed E-state index contributed by atoms with van der Waals surface area (Å²) in [6.45, 7) is 17.3. The molecule has 38 heavy (non-hydrogen) atoms. The molecule has 0 saturated carbocycles. The molecule has 0 aromatic heterocycles. The molecule has 2 unspecified atom stereocenters. The molecule has 0 fully saturated rings. The molecule has 2 N–H and O–H groups in total. The predicted octanol–water partition coefficient (Wildman–Crippen LogP) is 4.65. The van der Waals surface area contributed by atoms with Gasteiger partial charge in [-0.25, -0.2) is 9.59 Å². The second-order valence-electron chi connectivity index (χ2n) is 11.7. The molecule has 0 radical (unpaired) electrons. The van der Waals surface area contributed by atoms with E-state index >= 15 is 0 Å². The molecule has 1 aromatic rings. The second-order valence-corrected chi connectivity index (χ2v) is 11.7. The van der Waals surface area contributed by atoms with E-state index in [0.29, 0.717) is 17.0 Å². The van der Waals surface area contributed by atoms with Gasteiger partial charge in [-0.3, -0.25) is 14.9 Å². The summed E-state index contributed by atoms with van der Waals surface area (Å²) in [5.41, 5.74) is -0.215. The van der Waals surface area contributed by atoms with Gasteiger partial charge in [-0.1, -0.05) is 26.0 Å². The highest BCUT2D eigenvalue weighted by molar-refractivity contribution is 6.03. The van der Waals surface area contributed by atoms with Crippen LogP contribution < -0.4 is 10.6 Å². The minimum Gasteiger partial charge on any atom is -0.458 e. The van der Waals surface area contributed by atoms with Crippen LogP contribution >= 0.6 is 0 Å². The lowest BCUT2D eigenvalue weighted by molar-refractivity contribution is -0.384. The number of non-ortho nitro benzene ring substituents is 1. The highest BCUT2D eigenvalue weighted by Crippen LogP contribution is 2.40. The fourth-order valence-electron chi connectivity index (χ4n) is 4.13. The third kappa shape index (κ3) is 7.66. The number of nitro benzene ring substituents is 1. The van der Waals surface area contributed by atoms with E-state index < -0.39 is 45.9 Å². The van der Waals surface area contributed by atoms with E-state index in [1.54, 1.807) is 75.3 Å². The van der Waals surface area contributed by atoms with Gasteiger partial charge in [-0.2, -0.15) is 0 Å². The number of allylic oxidation sites excluding steroid dienone is 2. The Labute approximate surface area is 224 Å². The van der Waals surface area contributed by atoms with E-state index in [1.165, 1.54) is 18.2 Å². The van der Waals surface area contributed by atoms with Crippen molar-refractivity contribution in [2.24, 2.45) is 5.92 Å². The van der Waals surface area contributed by atoms with Crippen molar-refractivity contribution in [3.05, 3.63) is 62.5 Å². The van der Waals surface area contributed by atoms with Gasteiger partial charge in [0, 0.05) is 29.1 Å². The Morgan fingerprint density at radius 2 is 1.53 bits per heavy atom. The zero-order chi connectivity index (χ0) is 29.2. The van der Waals surface area contributed by atoms with Crippen LogP contribution in [0.15, 0.2) is 46.8 Å². The number of carbonyl (C=O) groups excluding carboxylic acids is 3. The Morgan fingerprint density at radius 3 is 2.03 bits per heavy atom. The van der Waals surface area contributed by atoms with Crippen LogP contribution in [0, 0.1) is 16.0 Å². The summed E-state index contributed by atoms with van der Waals surface area (Å²) in [6, 6.07) is 4.82. The number of hydrogen-bond donors (Lipinski definition) is 2. The molecule has 1 aliphatic rings. The summed E-state index contributed by atoms with van der Waals surface area (Å²) < 4.78 is 11.2. The van der Waals surface area contributed by atoms with Crippen molar-refractivity contribution in [3.63, 3.8) is 0 Å². The highest BCUT2D eigenvalue weighted by atomic mass is 16.6. The van der Waals surface area contributed by atoms with Crippen molar-refractivity contribution in [1.82, 2.24) is 10.6 Å². The normalized spacial score (nSPS) is 17.1. The molecule has 208 valence electrons. The number of hydrogen-bond acceptors (Lipinski definition) is 8. The van der Waals surface area contributed by atoms with E-state index in [0.717, 1.165) is 0 Å². The first-order valence-electron chi connectivity index (χ1n) is 12.5. The molecule has 10 nitrogen and oxygen atoms in total. The predicted molar refractivity (Wildman–Crippen MR) is 143 cm³/mol. The van der Waals surface area contributed by atoms with Gasteiger partial charge < -0.3 is 20.1 Å². The maximum absolute atomic E-state index is 13.8. The van der Waals surface area contributed by atoms with Crippen molar-refractivity contribution in [2.45, 2.75) is 92.4 Å². The maximum atomic E-state index is 13.8. The smallest absolute Gasteiger partial charge is 0.337 e. The Bertz CT molecular complexity index is 1180. The molecule has 1 heterocycles. The van der Waals surface area contributed by atoms with Crippen LogP contribution in [0.5, 0.6) is 0 Å². The van der Waals surface area contributed by atoms with E-state index in [-0.39, 0.29) is 22.8 Å². The third-order valence-electron chi connectivity index (χ3n) is 5.65. The van der Waals surface area contributed by atoms with Gasteiger partial charge in [0.2, 0.25) is 0 Å². The minimum atomic E-state index is -0.988. The monoisotopic (exact) mass is 529 g/mol. The lowest BCUT2D eigenvalue weighted by Gasteiger charge is -2.33. The number of nitrogens with one attached hydrogen (secondary N) is 2. The Morgan fingerprint density at radius 1 is 0.974 bits per heavy atom. The number of nitro groups is 1. The quantitative estimate of drug-likeness (QED) is 0.296. The molecule has 1 amide bonds. The zero-order valence-corrected chi connectivity index (χ0v) is 23.8. The first kappa shape index (κ1) is 30.5. The number of benzene rings is 1. The van der Waals surface area contributed by atoms with E-state index in [2.05, 4.69) is 10.6 Å². The molecule has 0 spiro atoms. The van der Waals surface area contributed by atoms with Crippen LogP contribution in [-0.4, -0.2) is 40.0 Å². The molecular formula is C28H39N3O7. The Balaban J connectivity index is 2.65. The van der Waals surface area contributed by atoms with Crippen LogP contribution in [0.3, 0.4) is 0 Å². The standard InChI is InChI=1S/C28H39N3O7/c1-15(2)23(26(34)38-28(8,9)10)30-24(32)20-16(3)29-17(4)21(25(33)37-27(5,6)7)22(20)18-12-11-13-19(14-18)31(35)36/h11-15,22-23,29H,1-10H3,(H,30,32). The lowest BCUT2D eigenvalue weighted by Crippen LogP contribution is -2.49. The van der Waals surface area contributed by atoms with E-state index in [1.807, 2.05) is 0 Å². The van der Waals surface area contributed by atoms with Gasteiger partial charge in [-0.15, -0.1) is 0 Å². The number of rotatable bonds is 7. The van der Waals surface area contributed by atoms with Crippen LogP contribution in [0.25, 0.3) is 0 Å². The summed E-state index contributed by atoms with van der Waals surface area (Å²) >= 11 is 0. The summed E-state index contributed by atoms with van der Waals surface area (Å²) in [5.74, 6) is -3.15. The van der Waals surface area contributed by atoms with Gasteiger partial charge in [0.1, 0.15) is 17.2 Å². The molecule has 0 aliphatic carbocycles. The molecular weight excluding hydrogens is 490 g/mol. The van der Waals surface area contributed by atoms with Crippen molar-refractivity contribution < 1.29 is 28.8 Å². The van der Waals surface area contributed by atoms with Crippen molar-refractivity contribution >= 4 is 23.5 Å². The fourth-order valence-corrected chi connectivity index (χ4v) is 4.13. The van der Waals surface area contributed by atoms with Gasteiger partial charge in [0.15, 0.2) is 0 Å². The van der Waals surface area contributed by atoms with Gasteiger partial charge in [0.25, 0.3) is 11.6 Å². The number of carbonyl (C=O) groups is 3. The molecule has 2 rings (SSSR count). The molecule has 0 bridgehead atoms. The number of amides is 1. The van der Waals surface area contributed by atoms with Crippen LogP contribution in [-0.2, 0) is 23.9 Å². The number of ether oxygens (including phenoxy) is 2. The van der Waals surface area contributed by atoms with Crippen LogP contribution in [0.1, 0.15) is 80.7 Å². The van der Waals surface area contributed by atoms with Gasteiger partial charge >= 0.3 is 11.9 Å². The SMILES string of the molecule is CC1=C(C(=O)NC(C(=O)OC(C)(C)C)C(C)C)C(c2cccc([N+](=O)[O-])c2)C(C(=O)OC(C)(C)C)=C(C)N1. The summed E-state index contributed by atoms with van der Waals surface area (Å²) in [7, 11) is 0. The first-order valence-corrected chi connectivity index (χ1v) is 12.5. The largest absolute Gasteiger partial charge is 0.458 e. The Kier molecular flexibility index (Phi) is 9.13. The van der Waals surface area contributed by atoms with E-state index in [4.69, 9.17) is 9.47 Å². The van der Waals surface area contributed by atoms with Gasteiger partial charge in [0.05, 0.1) is 16.4 Å². The van der Waals surface area contributed by atoms with Gasteiger partial charge in [-0.05, 0) is 66.9 Å². The maximum Gasteiger partial charge on any atom is 0.337 e. The average molecular weight is 530 g/mol. The second kappa shape index (κ2) is 11.4. The van der Waals surface area contributed by atoms with Crippen molar-refractivity contribution in [3.8, 4) is 0 Å². The molecule has 1 aromatic carbocycles. The minimum absolute atomic E-state index is 0.145. The third-order valence-corrected chi connectivity index (χ3v) is 5.65. The summed E-state index contributed by atoms with van der Waals surface area (Å²) in [6.07, 6.45) is 0. The average Bonchev–Trinajstić information content (AvgIpc) is 2.73. The summed E-state index contributed by atoms with van der Waals surface area (Å²) in [4.78, 5) is 51.2. The first-order chi connectivity index (χ1) is 17.3. The van der Waals surface area contributed by atoms with Crippen molar-refractivity contribution in [2.75, 3.05) is 0 Å².